The summed E-state index contributed by atoms with van der Waals surface area (Å²) < 4.78 is 35.8. The molecular weight excluding hydrogens is 179 g/mol. The number of alkyl halides is 3. The fourth-order valence-corrected chi connectivity index (χ4v) is 1.79. The van der Waals surface area contributed by atoms with Gasteiger partial charge in [-0.25, -0.2) is 0 Å². The van der Waals surface area contributed by atoms with Crippen molar-refractivity contribution in [3.8, 4) is 0 Å². The largest absolute Gasteiger partial charge is 0.389 e. The van der Waals surface area contributed by atoms with Crippen LogP contribution in [0.1, 0.15) is 26.2 Å². The zero-order valence-electron chi connectivity index (χ0n) is 7.82. The summed E-state index contributed by atoms with van der Waals surface area (Å²) in [6, 6.07) is 0. The fourth-order valence-electron chi connectivity index (χ4n) is 1.79. The summed E-state index contributed by atoms with van der Waals surface area (Å²) in [5, 5.41) is 3.13. The van der Waals surface area contributed by atoms with Crippen LogP contribution in [-0.4, -0.2) is 19.3 Å². The lowest BCUT2D eigenvalue weighted by Crippen LogP contribution is -2.35. The molecule has 1 fully saturated rings. The molecule has 13 heavy (non-hydrogen) atoms. The first kappa shape index (κ1) is 10.8. The van der Waals surface area contributed by atoms with Crippen molar-refractivity contribution in [1.82, 2.24) is 5.32 Å². The lowest BCUT2D eigenvalue weighted by atomic mass is 9.85. The van der Waals surface area contributed by atoms with E-state index in [-0.39, 0.29) is 12.3 Å². The Morgan fingerprint density at radius 3 is 2.62 bits per heavy atom. The Kier molecular flexibility index (Phi) is 3.59. The van der Waals surface area contributed by atoms with Crippen LogP contribution in [0.3, 0.4) is 0 Å². The number of rotatable bonds is 2. The highest BCUT2D eigenvalue weighted by Crippen LogP contribution is 2.29. The number of piperidine rings is 1. The highest BCUT2D eigenvalue weighted by Gasteiger charge is 2.30. The molecule has 4 heteroatoms. The van der Waals surface area contributed by atoms with Gasteiger partial charge in [0.25, 0.3) is 0 Å². The monoisotopic (exact) mass is 195 g/mol. The van der Waals surface area contributed by atoms with Crippen molar-refractivity contribution in [1.29, 1.82) is 0 Å². The summed E-state index contributed by atoms with van der Waals surface area (Å²) in [5.41, 5.74) is 0. The maximum Gasteiger partial charge on any atom is 0.389 e. The summed E-state index contributed by atoms with van der Waals surface area (Å²) in [4.78, 5) is 0. The van der Waals surface area contributed by atoms with E-state index in [4.69, 9.17) is 0 Å². The summed E-state index contributed by atoms with van der Waals surface area (Å²) in [6.07, 6.45) is -3.35. The molecule has 1 N–H and O–H groups in total. The Bertz CT molecular complexity index is 155. The third kappa shape index (κ3) is 3.98. The molecule has 1 rings (SSSR count). The molecule has 0 aliphatic carbocycles. The van der Waals surface area contributed by atoms with Gasteiger partial charge in [-0.1, -0.05) is 6.92 Å². The average Bonchev–Trinajstić information content (AvgIpc) is 2.01. The molecule has 0 bridgehead atoms. The summed E-state index contributed by atoms with van der Waals surface area (Å²) >= 11 is 0. The molecule has 78 valence electrons. The molecule has 1 aliphatic heterocycles. The van der Waals surface area contributed by atoms with E-state index < -0.39 is 12.6 Å². The molecule has 1 heterocycles. The van der Waals surface area contributed by atoms with Crippen LogP contribution in [0, 0.1) is 11.8 Å². The van der Waals surface area contributed by atoms with Gasteiger partial charge in [0.05, 0.1) is 0 Å². The minimum absolute atomic E-state index is 0.204. The van der Waals surface area contributed by atoms with Crippen LogP contribution >= 0.6 is 0 Å². The van der Waals surface area contributed by atoms with Crippen molar-refractivity contribution in [2.75, 3.05) is 13.1 Å². The van der Waals surface area contributed by atoms with Gasteiger partial charge >= 0.3 is 6.18 Å². The molecule has 1 aliphatic rings. The zero-order valence-corrected chi connectivity index (χ0v) is 7.82. The topological polar surface area (TPSA) is 12.0 Å². The second kappa shape index (κ2) is 4.31. The highest BCUT2D eigenvalue weighted by molar-refractivity contribution is 4.75. The lowest BCUT2D eigenvalue weighted by molar-refractivity contribution is -0.138. The highest BCUT2D eigenvalue weighted by atomic mass is 19.4. The van der Waals surface area contributed by atoms with Gasteiger partial charge in [-0.2, -0.15) is 13.2 Å². The first-order valence-corrected chi connectivity index (χ1v) is 4.76. The SMILES string of the molecule is CC1CCNCC1CCC(F)(F)F. The molecule has 0 radical (unpaired) electrons. The molecular formula is C9H16F3N. The van der Waals surface area contributed by atoms with E-state index in [0.717, 1.165) is 19.5 Å². The van der Waals surface area contributed by atoms with Crippen molar-refractivity contribution >= 4 is 0 Å². The molecule has 1 saturated heterocycles. The van der Waals surface area contributed by atoms with Gasteiger partial charge in [0.2, 0.25) is 0 Å². The number of hydrogen-bond donors (Lipinski definition) is 1. The smallest absolute Gasteiger partial charge is 0.316 e. The minimum atomic E-state index is -3.99. The first-order chi connectivity index (χ1) is 5.99. The first-order valence-electron chi connectivity index (χ1n) is 4.76. The van der Waals surface area contributed by atoms with E-state index in [0.29, 0.717) is 5.92 Å². The molecule has 0 aromatic carbocycles. The molecule has 0 aromatic heterocycles. The van der Waals surface area contributed by atoms with E-state index in [2.05, 4.69) is 5.32 Å². The van der Waals surface area contributed by atoms with Crippen LogP contribution in [0.25, 0.3) is 0 Å². The number of nitrogens with one attached hydrogen (secondary N) is 1. The van der Waals surface area contributed by atoms with Crippen LogP contribution in [0.5, 0.6) is 0 Å². The Labute approximate surface area is 76.7 Å². The van der Waals surface area contributed by atoms with Gasteiger partial charge in [-0.3, -0.25) is 0 Å². The van der Waals surface area contributed by atoms with E-state index in [1.54, 1.807) is 0 Å². The van der Waals surface area contributed by atoms with Gasteiger partial charge in [0, 0.05) is 6.42 Å². The molecule has 1 nitrogen and oxygen atoms in total. The average molecular weight is 195 g/mol. The van der Waals surface area contributed by atoms with Crippen LogP contribution < -0.4 is 5.32 Å². The third-order valence-electron chi connectivity index (χ3n) is 2.79. The Hall–Kier alpha value is -0.250. The van der Waals surface area contributed by atoms with Crippen molar-refractivity contribution in [3.63, 3.8) is 0 Å². The Morgan fingerprint density at radius 2 is 2.08 bits per heavy atom. The predicted octanol–water partition coefficient (Wildman–Crippen LogP) is 2.57. The Balaban J connectivity index is 2.27. The van der Waals surface area contributed by atoms with Gasteiger partial charge < -0.3 is 5.32 Å². The lowest BCUT2D eigenvalue weighted by Gasteiger charge is -2.29. The van der Waals surface area contributed by atoms with Gasteiger partial charge in [0.1, 0.15) is 0 Å². The van der Waals surface area contributed by atoms with Crippen molar-refractivity contribution < 1.29 is 13.2 Å². The molecule has 2 unspecified atom stereocenters. The molecule has 0 aromatic rings. The van der Waals surface area contributed by atoms with Crippen LogP contribution in [0.2, 0.25) is 0 Å². The normalized spacial score (nSPS) is 30.5. The maximum atomic E-state index is 11.9. The van der Waals surface area contributed by atoms with Gasteiger partial charge in [-0.15, -0.1) is 0 Å². The second-order valence-electron chi connectivity index (χ2n) is 3.88. The van der Waals surface area contributed by atoms with Gasteiger partial charge in [-0.05, 0) is 37.8 Å². The summed E-state index contributed by atoms with van der Waals surface area (Å²) in [7, 11) is 0. The molecule has 0 amide bonds. The number of halogens is 3. The van der Waals surface area contributed by atoms with Crippen molar-refractivity contribution in [3.05, 3.63) is 0 Å². The van der Waals surface area contributed by atoms with Crippen LogP contribution in [0.4, 0.5) is 13.2 Å². The van der Waals surface area contributed by atoms with E-state index in [9.17, 15) is 13.2 Å². The fraction of sp³-hybridized carbons (Fsp3) is 1.00. The third-order valence-corrected chi connectivity index (χ3v) is 2.79. The van der Waals surface area contributed by atoms with Crippen LogP contribution in [-0.2, 0) is 0 Å². The standard InChI is InChI=1S/C9H16F3N/c1-7-3-5-13-6-8(7)2-4-9(10,11)12/h7-8,13H,2-6H2,1H3. The van der Waals surface area contributed by atoms with Crippen molar-refractivity contribution in [2.24, 2.45) is 11.8 Å². The minimum Gasteiger partial charge on any atom is -0.316 e. The van der Waals surface area contributed by atoms with E-state index in [1.165, 1.54) is 0 Å². The second-order valence-corrected chi connectivity index (χ2v) is 3.88. The van der Waals surface area contributed by atoms with E-state index >= 15 is 0 Å². The Morgan fingerprint density at radius 1 is 1.38 bits per heavy atom. The van der Waals surface area contributed by atoms with Crippen LogP contribution in [0.15, 0.2) is 0 Å². The summed E-state index contributed by atoms with van der Waals surface area (Å²) in [5.74, 6) is 0.638. The molecule has 0 saturated carbocycles. The predicted molar refractivity (Wildman–Crippen MR) is 45.4 cm³/mol. The zero-order chi connectivity index (χ0) is 9.90. The molecule has 2 atom stereocenters. The quantitative estimate of drug-likeness (QED) is 0.714. The summed E-state index contributed by atoms with van der Waals surface area (Å²) in [6.45, 7) is 3.74. The van der Waals surface area contributed by atoms with E-state index in [1.807, 2.05) is 6.92 Å². The van der Waals surface area contributed by atoms with Crippen molar-refractivity contribution in [2.45, 2.75) is 32.4 Å². The maximum absolute atomic E-state index is 11.9. The number of hydrogen-bond acceptors (Lipinski definition) is 1. The molecule has 0 spiro atoms. The van der Waals surface area contributed by atoms with Gasteiger partial charge in [0.15, 0.2) is 0 Å².